The monoisotopic (exact) mass is 355 g/mol. The highest BCUT2D eigenvalue weighted by atomic mass is 16.5. The Bertz CT molecular complexity index is 713. The van der Waals surface area contributed by atoms with Gasteiger partial charge in [-0.15, -0.1) is 0 Å². The van der Waals surface area contributed by atoms with Crippen LogP contribution >= 0.6 is 0 Å². The summed E-state index contributed by atoms with van der Waals surface area (Å²) in [5, 5.41) is 2.89. The number of esters is 1. The molecule has 26 heavy (non-hydrogen) atoms. The Morgan fingerprint density at radius 3 is 2.27 bits per heavy atom. The van der Waals surface area contributed by atoms with E-state index >= 15 is 0 Å². The minimum absolute atomic E-state index is 0.00940. The van der Waals surface area contributed by atoms with E-state index in [1.54, 1.807) is 38.3 Å². The third-order valence-electron chi connectivity index (χ3n) is 4.08. The number of hydrogen-bond acceptors (Lipinski definition) is 4. The number of benzene rings is 2. The van der Waals surface area contributed by atoms with Crippen molar-refractivity contribution in [3.8, 4) is 5.75 Å². The van der Waals surface area contributed by atoms with Crippen molar-refractivity contribution in [1.82, 2.24) is 5.32 Å². The fourth-order valence-electron chi connectivity index (χ4n) is 2.47. The van der Waals surface area contributed by atoms with Crippen molar-refractivity contribution < 1.29 is 19.1 Å². The molecule has 0 saturated carbocycles. The van der Waals surface area contributed by atoms with Crippen LogP contribution in [-0.4, -0.2) is 31.1 Å². The molecule has 138 valence electrons. The van der Waals surface area contributed by atoms with Gasteiger partial charge in [-0.3, -0.25) is 4.79 Å². The second-order valence-corrected chi connectivity index (χ2v) is 6.21. The van der Waals surface area contributed by atoms with Crippen LogP contribution in [0.15, 0.2) is 54.6 Å². The highest BCUT2D eigenvalue weighted by molar-refractivity contribution is 5.92. The van der Waals surface area contributed by atoms with Gasteiger partial charge in [0.05, 0.1) is 12.7 Å². The van der Waals surface area contributed by atoms with Crippen LogP contribution in [0.1, 0.15) is 36.2 Å². The summed E-state index contributed by atoms with van der Waals surface area (Å²) in [5.74, 6) is -0.181. The molecule has 5 heteroatoms. The van der Waals surface area contributed by atoms with Gasteiger partial charge in [0.2, 0.25) is 0 Å². The molecule has 2 rings (SSSR count). The summed E-state index contributed by atoms with van der Waals surface area (Å²) in [7, 11) is 1.55. The summed E-state index contributed by atoms with van der Waals surface area (Å²) < 4.78 is 10.3. The van der Waals surface area contributed by atoms with Crippen molar-refractivity contribution in [1.29, 1.82) is 0 Å². The summed E-state index contributed by atoms with van der Waals surface area (Å²) in [6, 6.07) is 16.7. The number of aryl methyl sites for hydroxylation is 1. The zero-order valence-electron chi connectivity index (χ0n) is 15.4. The minimum Gasteiger partial charge on any atom is -0.497 e. The third-order valence-corrected chi connectivity index (χ3v) is 4.08. The van der Waals surface area contributed by atoms with Crippen LogP contribution in [0.5, 0.6) is 5.75 Å². The predicted octanol–water partition coefficient (Wildman–Crippen LogP) is 3.38. The molecule has 0 bridgehead atoms. The Balaban J connectivity index is 1.79. The van der Waals surface area contributed by atoms with Crippen molar-refractivity contribution in [2.45, 2.75) is 38.8 Å². The maximum Gasteiger partial charge on any atom is 0.338 e. The van der Waals surface area contributed by atoms with E-state index in [9.17, 15) is 9.59 Å². The average Bonchev–Trinajstić information content (AvgIpc) is 2.67. The van der Waals surface area contributed by atoms with Crippen molar-refractivity contribution in [2.24, 2.45) is 0 Å². The molecule has 0 aliphatic carbocycles. The van der Waals surface area contributed by atoms with E-state index in [1.807, 2.05) is 25.1 Å². The number of methoxy groups -OCH3 is 1. The lowest BCUT2D eigenvalue weighted by atomic mass is 10.1. The number of nitrogens with one attached hydrogen (secondary N) is 1. The van der Waals surface area contributed by atoms with Crippen LogP contribution in [0.25, 0.3) is 0 Å². The number of carbonyl (C=O) groups is 2. The molecule has 2 atom stereocenters. The summed E-state index contributed by atoms with van der Waals surface area (Å²) >= 11 is 0. The van der Waals surface area contributed by atoms with Gasteiger partial charge in [-0.05, 0) is 56.5 Å². The number of ether oxygens (including phenoxy) is 2. The maximum atomic E-state index is 12.2. The fraction of sp³-hybridized carbons (Fsp3) is 0.333. The second kappa shape index (κ2) is 9.61. The Kier molecular flexibility index (Phi) is 7.21. The molecule has 0 radical (unpaired) electrons. The zero-order chi connectivity index (χ0) is 18.9. The summed E-state index contributed by atoms with van der Waals surface area (Å²) in [6.45, 7) is 3.51. The Morgan fingerprint density at radius 2 is 1.65 bits per heavy atom. The molecule has 2 aromatic rings. The van der Waals surface area contributed by atoms with Crippen LogP contribution in [0.2, 0.25) is 0 Å². The molecule has 0 unspecified atom stereocenters. The Hall–Kier alpha value is -2.82. The van der Waals surface area contributed by atoms with Gasteiger partial charge in [0.1, 0.15) is 5.75 Å². The van der Waals surface area contributed by atoms with E-state index in [4.69, 9.17) is 9.47 Å². The highest BCUT2D eigenvalue weighted by Gasteiger charge is 2.20. The molecule has 2 aromatic carbocycles. The van der Waals surface area contributed by atoms with Gasteiger partial charge in [-0.2, -0.15) is 0 Å². The highest BCUT2D eigenvalue weighted by Crippen LogP contribution is 2.13. The summed E-state index contributed by atoms with van der Waals surface area (Å²) in [5.41, 5.74) is 1.61. The Labute approximate surface area is 154 Å². The van der Waals surface area contributed by atoms with Crippen LogP contribution in [-0.2, 0) is 16.0 Å². The van der Waals surface area contributed by atoms with E-state index in [0.29, 0.717) is 11.3 Å². The van der Waals surface area contributed by atoms with Crippen molar-refractivity contribution in [2.75, 3.05) is 7.11 Å². The fourth-order valence-corrected chi connectivity index (χ4v) is 2.47. The molecular weight excluding hydrogens is 330 g/mol. The lowest BCUT2D eigenvalue weighted by Crippen LogP contribution is -2.41. The molecule has 0 aromatic heterocycles. The number of rotatable bonds is 8. The molecule has 0 spiro atoms. The van der Waals surface area contributed by atoms with Crippen LogP contribution in [0.3, 0.4) is 0 Å². The quantitative estimate of drug-likeness (QED) is 0.737. The zero-order valence-corrected chi connectivity index (χ0v) is 15.4. The first-order valence-corrected chi connectivity index (χ1v) is 8.69. The standard InChI is InChI=1S/C21H25NO4/c1-15(9-10-17-7-5-4-6-8-17)22-20(23)16(2)26-21(24)18-11-13-19(25-3)14-12-18/h4-8,11-16H,9-10H2,1-3H3,(H,22,23)/t15-,16-/m1/s1. The number of hydrogen-bond donors (Lipinski definition) is 1. The molecule has 0 saturated heterocycles. The minimum atomic E-state index is -0.858. The molecule has 0 aliphatic rings. The first-order valence-electron chi connectivity index (χ1n) is 8.69. The lowest BCUT2D eigenvalue weighted by molar-refractivity contribution is -0.129. The SMILES string of the molecule is COc1ccc(C(=O)O[C@H](C)C(=O)N[C@H](C)CCc2ccccc2)cc1. The van der Waals surface area contributed by atoms with Gasteiger partial charge in [0.15, 0.2) is 6.10 Å². The van der Waals surface area contributed by atoms with E-state index in [0.717, 1.165) is 12.8 Å². The first kappa shape index (κ1) is 19.5. The summed E-state index contributed by atoms with van der Waals surface area (Å²) in [4.78, 5) is 24.3. The van der Waals surface area contributed by atoms with Crippen molar-refractivity contribution >= 4 is 11.9 Å². The van der Waals surface area contributed by atoms with Crippen molar-refractivity contribution in [3.63, 3.8) is 0 Å². The second-order valence-electron chi connectivity index (χ2n) is 6.21. The molecule has 0 aliphatic heterocycles. The smallest absolute Gasteiger partial charge is 0.338 e. The van der Waals surface area contributed by atoms with Crippen molar-refractivity contribution in [3.05, 3.63) is 65.7 Å². The lowest BCUT2D eigenvalue weighted by Gasteiger charge is -2.18. The molecule has 1 N–H and O–H groups in total. The topological polar surface area (TPSA) is 64.6 Å². The molecular formula is C21H25NO4. The molecule has 5 nitrogen and oxygen atoms in total. The van der Waals surface area contributed by atoms with Crippen LogP contribution < -0.4 is 10.1 Å². The molecule has 0 heterocycles. The normalized spacial score (nSPS) is 12.7. The van der Waals surface area contributed by atoms with E-state index in [1.165, 1.54) is 5.56 Å². The number of amides is 1. The van der Waals surface area contributed by atoms with Gasteiger partial charge in [0, 0.05) is 6.04 Å². The molecule has 1 amide bonds. The predicted molar refractivity (Wildman–Crippen MR) is 100 cm³/mol. The van der Waals surface area contributed by atoms with E-state index < -0.39 is 12.1 Å². The Morgan fingerprint density at radius 1 is 1.00 bits per heavy atom. The van der Waals surface area contributed by atoms with Crippen LogP contribution in [0, 0.1) is 0 Å². The van der Waals surface area contributed by atoms with Gasteiger partial charge < -0.3 is 14.8 Å². The summed E-state index contributed by atoms with van der Waals surface area (Å²) in [6.07, 6.45) is 0.834. The maximum absolute atomic E-state index is 12.2. The van der Waals surface area contributed by atoms with E-state index in [2.05, 4.69) is 17.4 Å². The van der Waals surface area contributed by atoms with Gasteiger partial charge in [-0.1, -0.05) is 30.3 Å². The number of carbonyl (C=O) groups excluding carboxylic acids is 2. The van der Waals surface area contributed by atoms with Gasteiger partial charge in [-0.25, -0.2) is 4.79 Å². The third kappa shape index (κ3) is 5.92. The molecule has 0 fully saturated rings. The average molecular weight is 355 g/mol. The van der Waals surface area contributed by atoms with Gasteiger partial charge in [0.25, 0.3) is 5.91 Å². The first-order chi connectivity index (χ1) is 12.5. The van der Waals surface area contributed by atoms with Crippen LogP contribution in [0.4, 0.5) is 0 Å². The van der Waals surface area contributed by atoms with E-state index in [-0.39, 0.29) is 11.9 Å². The van der Waals surface area contributed by atoms with Gasteiger partial charge >= 0.3 is 5.97 Å². The largest absolute Gasteiger partial charge is 0.497 e.